The average molecular weight is 242 g/mol. The molecule has 94 valence electrons. The van der Waals surface area contributed by atoms with Crippen molar-refractivity contribution in [2.75, 3.05) is 6.61 Å². The van der Waals surface area contributed by atoms with Crippen molar-refractivity contribution < 1.29 is 9.84 Å². The number of aliphatic hydroxyl groups is 1. The second-order valence-electron chi connectivity index (χ2n) is 4.43. The lowest BCUT2D eigenvalue weighted by molar-refractivity contribution is 0.191. The second-order valence-corrected chi connectivity index (χ2v) is 4.43. The van der Waals surface area contributed by atoms with Gasteiger partial charge in [0.2, 0.25) is 0 Å². The number of rotatable bonds is 4. The minimum absolute atomic E-state index is 0.0215. The van der Waals surface area contributed by atoms with Crippen molar-refractivity contribution in [3.05, 3.63) is 60.2 Å². The lowest BCUT2D eigenvalue weighted by Crippen LogP contribution is -2.27. The lowest BCUT2D eigenvalue weighted by atomic mass is 9.91. The molecule has 1 N–H and O–H groups in total. The zero-order valence-electron chi connectivity index (χ0n) is 10.5. The van der Waals surface area contributed by atoms with Crippen LogP contribution in [0.4, 0.5) is 0 Å². The van der Waals surface area contributed by atoms with Crippen molar-refractivity contribution in [3.63, 3.8) is 0 Å². The summed E-state index contributed by atoms with van der Waals surface area (Å²) < 4.78 is 5.93. The Hall–Kier alpha value is -1.80. The van der Waals surface area contributed by atoms with Crippen LogP contribution in [0.3, 0.4) is 0 Å². The van der Waals surface area contributed by atoms with Gasteiger partial charge in [-0.05, 0) is 29.3 Å². The lowest BCUT2D eigenvalue weighted by Gasteiger charge is -2.26. The highest BCUT2D eigenvalue weighted by molar-refractivity contribution is 5.48. The van der Waals surface area contributed by atoms with E-state index in [2.05, 4.69) is 13.5 Å². The van der Waals surface area contributed by atoms with Gasteiger partial charge in [0.15, 0.2) is 0 Å². The zero-order valence-corrected chi connectivity index (χ0v) is 10.5. The SMILES string of the molecule is C=Cc1ccc(OC2C=CC=C(CO)C2C)cc1. The molecule has 1 aliphatic rings. The molecule has 2 rings (SSSR count). The van der Waals surface area contributed by atoms with Gasteiger partial charge in [-0.25, -0.2) is 0 Å². The smallest absolute Gasteiger partial charge is 0.123 e. The van der Waals surface area contributed by atoms with E-state index in [1.807, 2.05) is 42.5 Å². The van der Waals surface area contributed by atoms with Crippen LogP contribution < -0.4 is 4.74 Å². The first kappa shape index (κ1) is 12.7. The summed E-state index contributed by atoms with van der Waals surface area (Å²) in [4.78, 5) is 0. The van der Waals surface area contributed by atoms with Crippen LogP contribution in [0.1, 0.15) is 12.5 Å². The standard InChI is InChI=1S/C16H18O2/c1-3-13-7-9-15(10-8-13)18-16-6-4-5-14(11-17)12(16)2/h3-10,12,16-17H,1,11H2,2H3. The minimum Gasteiger partial charge on any atom is -0.486 e. The van der Waals surface area contributed by atoms with Gasteiger partial charge in [0.1, 0.15) is 11.9 Å². The maximum atomic E-state index is 9.24. The van der Waals surface area contributed by atoms with Gasteiger partial charge in [0.25, 0.3) is 0 Å². The van der Waals surface area contributed by atoms with Crippen LogP contribution in [0.25, 0.3) is 6.08 Å². The van der Waals surface area contributed by atoms with E-state index in [0.29, 0.717) is 0 Å². The molecule has 0 spiro atoms. The van der Waals surface area contributed by atoms with Crippen LogP contribution in [0.2, 0.25) is 0 Å². The van der Waals surface area contributed by atoms with Crippen molar-refractivity contribution in [1.29, 1.82) is 0 Å². The molecule has 0 amide bonds. The van der Waals surface area contributed by atoms with E-state index in [1.165, 1.54) is 0 Å². The highest BCUT2D eigenvalue weighted by atomic mass is 16.5. The van der Waals surface area contributed by atoms with Crippen molar-refractivity contribution >= 4 is 6.08 Å². The summed E-state index contributed by atoms with van der Waals surface area (Å²) in [5.74, 6) is 1.03. The number of hydrogen-bond acceptors (Lipinski definition) is 2. The third-order valence-electron chi connectivity index (χ3n) is 3.26. The van der Waals surface area contributed by atoms with E-state index in [-0.39, 0.29) is 18.6 Å². The molecule has 0 aliphatic heterocycles. The maximum Gasteiger partial charge on any atom is 0.123 e. The molecular weight excluding hydrogens is 224 g/mol. The van der Waals surface area contributed by atoms with Crippen molar-refractivity contribution in [2.45, 2.75) is 13.0 Å². The molecule has 2 heteroatoms. The minimum atomic E-state index is -0.0215. The van der Waals surface area contributed by atoms with E-state index in [1.54, 1.807) is 6.08 Å². The predicted molar refractivity (Wildman–Crippen MR) is 74.4 cm³/mol. The van der Waals surface area contributed by atoms with Crippen LogP contribution >= 0.6 is 0 Å². The molecule has 2 nitrogen and oxygen atoms in total. The fourth-order valence-electron chi connectivity index (χ4n) is 2.00. The second kappa shape index (κ2) is 5.69. The highest BCUT2D eigenvalue weighted by Crippen LogP contribution is 2.25. The molecule has 0 heterocycles. The summed E-state index contributed by atoms with van der Waals surface area (Å²) >= 11 is 0. The number of allylic oxidation sites excluding steroid dienone is 2. The van der Waals surface area contributed by atoms with Gasteiger partial charge in [-0.15, -0.1) is 0 Å². The Labute approximate surface area is 108 Å². The predicted octanol–water partition coefficient (Wildman–Crippen LogP) is 3.20. The summed E-state index contributed by atoms with van der Waals surface area (Å²) in [5, 5.41) is 9.24. The molecule has 0 aromatic heterocycles. The average Bonchev–Trinajstić information content (AvgIpc) is 2.42. The first-order valence-electron chi connectivity index (χ1n) is 6.12. The summed E-state index contributed by atoms with van der Waals surface area (Å²) in [5.41, 5.74) is 2.08. The van der Waals surface area contributed by atoms with Crippen molar-refractivity contribution in [2.24, 2.45) is 5.92 Å². The fraction of sp³-hybridized carbons (Fsp3) is 0.250. The largest absolute Gasteiger partial charge is 0.486 e. The third kappa shape index (κ3) is 2.71. The van der Waals surface area contributed by atoms with Crippen LogP contribution in [0.15, 0.2) is 54.6 Å². The monoisotopic (exact) mass is 242 g/mol. The Balaban J connectivity index is 2.07. The maximum absolute atomic E-state index is 9.24. The Kier molecular flexibility index (Phi) is 4.00. The molecule has 1 aliphatic carbocycles. The molecule has 0 fully saturated rings. The van der Waals surface area contributed by atoms with E-state index in [9.17, 15) is 5.11 Å². The molecule has 0 saturated carbocycles. The molecule has 1 aromatic rings. The van der Waals surface area contributed by atoms with Gasteiger partial charge in [-0.1, -0.05) is 43.9 Å². The molecule has 0 saturated heterocycles. The van der Waals surface area contributed by atoms with Gasteiger partial charge in [0, 0.05) is 5.92 Å². The number of ether oxygens (including phenoxy) is 1. The van der Waals surface area contributed by atoms with Gasteiger partial charge < -0.3 is 9.84 Å². The molecular formula is C16H18O2. The Morgan fingerprint density at radius 1 is 1.33 bits per heavy atom. The van der Waals surface area contributed by atoms with Crippen molar-refractivity contribution in [1.82, 2.24) is 0 Å². The van der Waals surface area contributed by atoms with Crippen LogP contribution in [0.5, 0.6) is 5.75 Å². The Bertz CT molecular complexity index is 468. The zero-order chi connectivity index (χ0) is 13.0. The van der Waals surface area contributed by atoms with Crippen molar-refractivity contribution in [3.8, 4) is 5.75 Å². The molecule has 2 atom stereocenters. The number of aliphatic hydroxyl groups excluding tert-OH is 1. The topological polar surface area (TPSA) is 29.5 Å². The van der Waals surface area contributed by atoms with E-state index < -0.39 is 0 Å². The Morgan fingerprint density at radius 3 is 2.67 bits per heavy atom. The van der Waals surface area contributed by atoms with Crippen LogP contribution in [-0.4, -0.2) is 17.8 Å². The number of benzene rings is 1. The van der Waals surface area contributed by atoms with Crippen LogP contribution in [-0.2, 0) is 0 Å². The third-order valence-corrected chi connectivity index (χ3v) is 3.26. The first-order chi connectivity index (χ1) is 8.74. The Morgan fingerprint density at radius 2 is 2.06 bits per heavy atom. The highest BCUT2D eigenvalue weighted by Gasteiger charge is 2.21. The van der Waals surface area contributed by atoms with Gasteiger partial charge in [0.05, 0.1) is 6.61 Å². The van der Waals surface area contributed by atoms with E-state index >= 15 is 0 Å². The van der Waals surface area contributed by atoms with Crippen LogP contribution in [0, 0.1) is 5.92 Å². The summed E-state index contributed by atoms with van der Waals surface area (Å²) in [6.07, 6.45) is 7.69. The molecule has 18 heavy (non-hydrogen) atoms. The molecule has 1 aromatic carbocycles. The molecule has 0 radical (unpaired) electrons. The normalized spacial score (nSPS) is 22.4. The van der Waals surface area contributed by atoms with E-state index in [4.69, 9.17) is 4.74 Å². The summed E-state index contributed by atoms with van der Waals surface area (Å²) in [6, 6.07) is 7.83. The molecule has 2 unspecified atom stereocenters. The van der Waals surface area contributed by atoms with Gasteiger partial charge in [-0.2, -0.15) is 0 Å². The van der Waals surface area contributed by atoms with Gasteiger partial charge >= 0.3 is 0 Å². The van der Waals surface area contributed by atoms with Gasteiger partial charge in [-0.3, -0.25) is 0 Å². The molecule has 0 bridgehead atoms. The fourth-order valence-corrected chi connectivity index (χ4v) is 2.00. The quantitative estimate of drug-likeness (QED) is 0.878. The first-order valence-corrected chi connectivity index (χ1v) is 6.12. The summed E-state index contributed by atoms with van der Waals surface area (Å²) in [6.45, 7) is 5.87. The van der Waals surface area contributed by atoms with E-state index in [0.717, 1.165) is 16.9 Å². The summed E-state index contributed by atoms with van der Waals surface area (Å²) in [7, 11) is 0. The number of hydrogen-bond donors (Lipinski definition) is 1.